The molecular weight excluding hydrogens is 386 g/mol. The maximum Gasteiger partial charge on any atom is 0.155 e. The highest BCUT2D eigenvalue weighted by atomic mass is 35.5. The Labute approximate surface area is 173 Å². The van der Waals surface area contributed by atoms with Crippen LogP contribution in [-0.2, 0) is 6.61 Å². The molecule has 1 fully saturated rings. The van der Waals surface area contributed by atoms with Crippen molar-refractivity contribution in [3.05, 3.63) is 83.5 Å². The van der Waals surface area contributed by atoms with Crippen molar-refractivity contribution in [1.29, 1.82) is 0 Å². The van der Waals surface area contributed by atoms with Crippen LogP contribution in [0.1, 0.15) is 30.1 Å². The van der Waals surface area contributed by atoms with Gasteiger partial charge in [0.05, 0.1) is 11.8 Å². The largest absolute Gasteiger partial charge is 0.489 e. The molecule has 1 aliphatic rings. The lowest BCUT2D eigenvalue weighted by atomic mass is 9.82. The maximum atomic E-state index is 9.73. The second-order valence-electron chi connectivity index (χ2n) is 7.38. The van der Waals surface area contributed by atoms with Gasteiger partial charge in [0.25, 0.3) is 0 Å². The summed E-state index contributed by atoms with van der Waals surface area (Å²) in [6, 6.07) is 17.9. The summed E-state index contributed by atoms with van der Waals surface area (Å²) in [6.07, 6.45) is 4.76. The van der Waals surface area contributed by atoms with Crippen molar-refractivity contribution in [3.8, 4) is 17.0 Å². The molecule has 0 amide bonds. The molecule has 1 aliphatic carbocycles. The number of rotatable bonds is 5. The quantitative estimate of drug-likeness (QED) is 0.514. The molecule has 146 valence electrons. The first-order chi connectivity index (χ1) is 14.2. The molecule has 0 aliphatic heterocycles. The molecule has 0 atom stereocenters. The Morgan fingerprint density at radius 1 is 1.10 bits per heavy atom. The molecule has 29 heavy (non-hydrogen) atoms. The highest BCUT2D eigenvalue weighted by molar-refractivity contribution is 6.33. The number of aromatic nitrogens is 3. The summed E-state index contributed by atoms with van der Waals surface area (Å²) in [4.78, 5) is 9.16. The second kappa shape index (κ2) is 7.50. The van der Waals surface area contributed by atoms with Crippen molar-refractivity contribution >= 4 is 17.1 Å². The van der Waals surface area contributed by atoms with E-state index < -0.39 is 0 Å². The van der Waals surface area contributed by atoms with Gasteiger partial charge >= 0.3 is 0 Å². The predicted molar refractivity (Wildman–Crippen MR) is 112 cm³/mol. The zero-order chi connectivity index (χ0) is 19.8. The summed E-state index contributed by atoms with van der Waals surface area (Å²) in [7, 11) is 0. The van der Waals surface area contributed by atoms with E-state index in [1.807, 2.05) is 65.2 Å². The number of benzene rings is 2. The first-order valence-electron chi connectivity index (χ1n) is 9.67. The zero-order valence-corrected chi connectivity index (χ0v) is 16.5. The van der Waals surface area contributed by atoms with Crippen LogP contribution in [0.3, 0.4) is 0 Å². The van der Waals surface area contributed by atoms with E-state index in [1.165, 1.54) is 0 Å². The molecule has 1 N–H and O–H groups in total. The van der Waals surface area contributed by atoms with E-state index in [9.17, 15) is 5.11 Å². The van der Waals surface area contributed by atoms with Crippen LogP contribution < -0.4 is 4.74 Å². The number of imidazole rings is 1. The number of aliphatic hydroxyl groups is 1. The van der Waals surface area contributed by atoms with Crippen molar-refractivity contribution in [2.45, 2.75) is 31.5 Å². The van der Waals surface area contributed by atoms with Gasteiger partial charge in [0, 0.05) is 23.9 Å². The lowest BCUT2D eigenvalue weighted by Crippen LogP contribution is -2.27. The van der Waals surface area contributed by atoms with Gasteiger partial charge in [-0.15, -0.1) is 0 Å². The van der Waals surface area contributed by atoms with E-state index in [2.05, 4.69) is 4.98 Å². The third-order valence-electron chi connectivity index (χ3n) is 5.37. The Balaban J connectivity index is 1.50. The SMILES string of the molecule is O[C@H]1C[C@@H](c2nc(-c3cccc(OCc4ccccc4)c3)c3c(Cl)nccn32)C1. The fourth-order valence-electron chi connectivity index (χ4n) is 3.79. The van der Waals surface area contributed by atoms with Crippen LogP contribution in [0.25, 0.3) is 16.8 Å². The van der Waals surface area contributed by atoms with Crippen LogP contribution in [0.5, 0.6) is 5.75 Å². The number of ether oxygens (including phenoxy) is 1. The molecule has 2 aromatic heterocycles. The van der Waals surface area contributed by atoms with E-state index in [-0.39, 0.29) is 12.0 Å². The Kier molecular flexibility index (Phi) is 4.70. The van der Waals surface area contributed by atoms with Crippen LogP contribution in [0, 0.1) is 0 Å². The molecule has 5 nitrogen and oxygen atoms in total. The normalized spacial score (nSPS) is 18.6. The van der Waals surface area contributed by atoms with E-state index in [0.29, 0.717) is 11.8 Å². The van der Waals surface area contributed by atoms with Gasteiger partial charge in [0.2, 0.25) is 0 Å². The Bertz CT molecular complexity index is 1150. The second-order valence-corrected chi connectivity index (χ2v) is 7.74. The molecule has 4 aromatic rings. The van der Waals surface area contributed by atoms with Gasteiger partial charge in [-0.05, 0) is 30.5 Å². The van der Waals surface area contributed by atoms with E-state index in [1.54, 1.807) is 6.20 Å². The molecule has 0 bridgehead atoms. The summed E-state index contributed by atoms with van der Waals surface area (Å²) in [5.41, 5.74) is 3.60. The molecular formula is C23H20ClN3O2. The number of hydrogen-bond donors (Lipinski definition) is 1. The molecule has 2 aromatic carbocycles. The van der Waals surface area contributed by atoms with Gasteiger partial charge in [-0.2, -0.15) is 0 Å². The molecule has 5 rings (SSSR count). The van der Waals surface area contributed by atoms with Crippen LogP contribution >= 0.6 is 11.6 Å². The molecule has 0 unspecified atom stereocenters. The monoisotopic (exact) mass is 405 g/mol. The van der Waals surface area contributed by atoms with Crippen LogP contribution in [0.2, 0.25) is 5.15 Å². The predicted octanol–water partition coefficient (Wildman–Crippen LogP) is 4.87. The van der Waals surface area contributed by atoms with Crippen LogP contribution in [-0.4, -0.2) is 25.6 Å². The molecule has 1 saturated carbocycles. The number of fused-ring (bicyclic) bond motifs is 1. The Morgan fingerprint density at radius 2 is 1.93 bits per heavy atom. The van der Waals surface area contributed by atoms with E-state index in [0.717, 1.165) is 46.8 Å². The highest BCUT2D eigenvalue weighted by Crippen LogP contribution is 2.40. The minimum absolute atomic E-state index is 0.224. The molecule has 0 saturated heterocycles. The standard InChI is InChI=1S/C23H20ClN3O2/c24-22-21-20(26-23(17-11-18(28)12-17)27(21)10-9-25-22)16-7-4-8-19(13-16)29-14-15-5-2-1-3-6-15/h1-10,13,17-18,28H,11-12,14H2/t17-,18+. The smallest absolute Gasteiger partial charge is 0.155 e. The van der Waals surface area contributed by atoms with Gasteiger partial charge in [-0.25, -0.2) is 9.97 Å². The Morgan fingerprint density at radius 3 is 2.72 bits per heavy atom. The zero-order valence-electron chi connectivity index (χ0n) is 15.7. The summed E-state index contributed by atoms with van der Waals surface area (Å²) in [5, 5.41) is 10.1. The first kappa shape index (κ1) is 18.2. The fourth-order valence-corrected chi connectivity index (χ4v) is 4.02. The maximum absolute atomic E-state index is 9.73. The van der Waals surface area contributed by atoms with Gasteiger partial charge in [0.15, 0.2) is 5.15 Å². The minimum atomic E-state index is -0.247. The van der Waals surface area contributed by atoms with E-state index >= 15 is 0 Å². The molecule has 0 radical (unpaired) electrons. The summed E-state index contributed by atoms with van der Waals surface area (Å²) >= 11 is 6.45. The van der Waals surface area contributed by atoms with Gasteiger partial charge in [-0.1, -0.05) is 54.1 Å². The minimum Gasteiger partial charge on any atom is -0.489 e. The number of hydrogen-bond acceptors (Lipinski definition) is 4. The van der Waals surface area contributed by atoms with Crippen LogP contribution in [0.4, 0.5) is 0 Å². The molecule has 2 heterocycles. The Hall–Kier alpha value is -2.89. The molecule has 0 spiro atoms. The number of halogens is 1. The van der Waals surface area contributed by atoms with Gasteiger partial charge < -0.3 is 9.84 Å². The van der Waals surface area contributed by atoms with Crippen LogP contribution in [0.15, 0.2) is 67.0 Å². The van der Waals surface area contributed by atoms with Crippen molar-refractivity contribution in [1.82, 2.24) is 14.4 Å². The average molecular weight is 406 g/mol. The van der Waals surface area contributed by atoms with E-state index in [4.69, 9.17) is 21.3 Å². The van der Waals surface area contributed by atoms with Gasteiger partial charge in [0.1, 0.15) is 23.7 Å². The first-order valence-corrected chi connectivity index (χ1v) is 10.0. The lowest BCUT2D eigenvalue weighted by Gasteiger charge is -2.30. The number of nitrogens with zero attached hydrogens (tertiary/aromatic N) is 3. The van der Waals surface area contributed by atoms with Crippen molar-refractivity contribution in [3.63, 3.8) is 0 Å². The lowest BCUT2D eigenvalue weighted by molar-refractivity contribution is 0.0715. The number of aliphatic hydroxyl groups excluding tert-OH is 1. The van der Waals surface area contributed by atoms with Gasteiger partial charge in [-0.3, -0.25) is 4.40 Å². The average Bonchev–Trinajstić information content (AvgIpc) is 3.11. The summed E-state index contributed by atoms with van der Waals surface area (Å²) in [5.74, 6) is 1.91. The van der Waals surface area contributed by atoms with Crippen molar-refractivity contribution in [2.24, 2.45) is 0 Å². The molecule has 6 heteroatoms. The van der Waals surface area contributed by atoms with Crippen molar-refractivity contribution < 1.29 is 9.84 Å². The summed E-state index contributed by atoms with van der Waals surface area (Å²) < 4.78 is 7.98. The fraction of sp³-hybridized carbons (Fsp3) is 0.217. The highest BCUT2D eigenvalue weighted by Gasteiger charge is 2.33. The topological polar surface area (TPSA) is 59.7 Å². The third-order valence-corrected chi connectivity index (χ3v) is 5.65. The third kappa shape index (κ3) is 3.48. The summed E-state index contributed by atoms with van der Waals surface area (Å²) in [6.45, 7) is 0.502. The van der Waals surface area contributed by atoms with Crippen molar-refractivity contribution in [2.75, 3.05) is 0 Å².